The fraction of sp³-hybridized carbons (Fsp3) is 0.875. The van der Waals surface area contributed by atoms with Crippen LogP contribution in [0.3, 0.4) is 0 Å². The Bertz CT molecular complexity index is 28.8. The predicted molar refractivity (Wildman–Crippen MR) is 42.2 cm³/mol. The van der Waals surface area contributed by atoms with Gasteiger partial charge in [0.15, 0.2) is 0 Å². The van der Waals surface area contributed by atoms with Gasteiger partial charge in [0.1, 0.15) is 0 Å². The molecule has 0 aromatic carbocycles. The summed E-state index contributed by atoms with van der Waals surface area (Å²) < 4.78 is 0. The van der Waals surface area contributed by atoms with Gasteiger partial charge in [0.2, 0.25) is 0 Å². The Kier molecular flexibility index (Phi) is 14.1. The average Bonchev–Trinajstić information content (AvgIpc) is 1.66. The summed E-state index contributed by atoms with van der Waals surface area (Å²) >= 11 is 0. The van der Waals surface area contributed by atoms with Crippen LogP contribution in [-0.4, -0.2) is 11.2 Å². The van der Waals surface area contributed by atoms with Crippen molar-refractivity contribution >= 4 is 0 Å². The van der Waals surface area contributed by atoms with Crippen molar-refractivity contribution in [3.8, 4) is 0 Å². The van der Waals surface area contributed by atoms with Crippen LogP contribution in [0.15, 0.2) is 0 Å². The average molecular weight is 131 g/mol. The first-order valence-corrected chi connectivity index (χ1v) is 3.62. The van der Waals surface area contributed by atoms with E-state index in [1.54, 1.807) is 13.8 Å². The van der Waals surface area contributed by atoms with Gasteiger partial charge in [0, 0.05) is 6.10 Å². The molecule has 0 aliphatic rings. The lowest BCUT2D eigenvalue weighted by Crippen LogP contribution is -1.85. The van der Waals surface area contributed by atoms with Crippen LogP contribution in [0.1, 0.15) is 40.0 Å². The van der Waals surface area contributed by atoms with Gasteiger partial charge in [0.25, 0.3) is 0 Å². The van der Waals surface area contributed by atoms with Gasteiger partial charge in [-0.1, -0.05) is 33.1 Å². The van der Waals surface area contributed by atoms with Crippen LogP contribution in [0.2, 0.25) is 0 Å². The summed E-state index contributed by atoms with van der Waals surface area (Å²) in [5.74, 6) is 0. The van der Waals surface area contributed by atoms with Crippen LogP contribution < -0.4 is 0 Å². The number of rotatable bonds is 2. The van der Waals surface area contributed by atoms with Gasteiger partial charge < -0.3 is 5.11 Å². The number of aliphatic hydroxyl groups is 1. The zero-order chi connectivity index (χ0) is 7.70. The number of hydrogen-bond donors (Lipinski definition) is 1. The highest BCUT2D eigenvalue weighted by molar-refractivity contribution is 4.35. The molecule has 0 aromatic heterocycles. The molecule has 0 aromatic rings. The Labute approximate surface area is 59.1 Å². The van der Waals surface area contributed by atoms with E-state index in [1.807, 2.05) is 0 Å². The second kappa shape index (κ2) is 10.9. The lowest BCUT2D eigenvalue weighted by Gasteiger charge is -1.80. The zero-order valence-electron chi connectivity index (χ0n) is 6.85. The molecule has 9 heavy (non-hydrogen) atoms. The number of aliphatic hydroxyl groups excluding tert-OH is 1. The molecule has 0 aliphatic heterocycles. The highest BCUT2D eigenvalue weighted by Gasteiger charge is 1.69. The molecule has 0 bridgehead atoms. The highest BCUT2D eigenvalue weighted by atomic mass is 16.3. The maximum atomic E-state index is 8.06. The highest BCUT2D eigenvalue weighted by Crippen LogP contribution is 1.87. The second-order valence-corrected chi connectivity index (χ2v) is 2.30. The van der Waals surface area contributed by atoms with E-state index < -0.39 is 0 Å². The fourth-order valence-electron chi connectivity index (χ4n) is 0.250. The maximum Gasteiger partial charge on any atom is 0.0483 e. The van der Waals surface area contributed by atoms with Crippen LogP contribution in [0, 0.1) is 6.92 Å². The summed E-state index contributed by atoms with van der Waals surface area (Å²) in [6.45, 7) is 9.29. The molecule has 0 spiro atoms. The molecule has 1 N–H and O–H groups in total. The van der Waals surface area contributed by atoms with Gasteiger partial charge in [-0.2, -0.15) is 0 Å². The molecule has 0 heterocycles. The molecule has 57 valence electrons. The van der Waals surface area contributed by atoms with Crippen molar-refractivity contribution in [1.29, 1.82) is 0 Å². The topological polar surface area (TPSA) is 20.2 Å². The smallest absolute Gasteiger partial charge is 0.0483 e. The minimum absolute atomic E-state index is 0.167. The van der Waals surface area contributed by atoms with Gasteiger partial charge >= 0.3 is 0 Å². The van der Waals surface area contributed by atoms with E-state index in [2.05, 4.69) is 13.8 Å². The molecule has 1 nitrogen and oxygen atoms in total. The summed E-state index contributed by atoms with van der Waals surface area (Å²) in [7, 11) is 0. The first-order valence-electron chi connectivity index (χ1n) is 3.62. The zero-order valence-corrected chi connectivity index (χ0v) is 6.85. The van der Waals surface area contributed by atoms with E-state index in [4.69, 9.17) is 5.11 Å². The molecule has 1 heteroatoms. The van der Waals surface area contributed by atoms with Crippen molar-refractivity contribution in [2.45, 2.75) is 46.1 Å². The summed E-state index contributed by atoms with van der Waals surface area (Å²) in [6.07, 6.45) is 3.49. The third kappa shape index (κ3) is 73.6. The molecule has 0 rings (SSSR count). The number of hydrogen-bond acceptors (Lipinski definition) is 1. The SMILES string of the molecule is CC(C)O.[CH2]CCCC. The van der Waals surface area contributed by atoms with E-state index in [9.17, 15) is 0 Å². The van der Waals surface area contributed by atoms with Crippen LogP contribution in [0.25, 0.3) is 0 Å². The Hall–Kier alpha value is -0.0400. The minimum Gasteiger partial charge on any atom is -0.394 e. The van der Waals surface area contributed by atoms with E-state index >= 15 is 0 Å². The van der Waals surface area contributed by atoms with E-state index in [-0.39, 0.29) is 6.10 Å². The maximum absolute atomic E-state index is 8.06. The van der Waals surface area contributed by atoms with Crippen molar-refractivity contribution in [2.75, 3.05) is 0 Å². The second-order valence-electron chi connectivity index (χ2n) is 2.30. The monoisotopic (exact) mass is 131 g/mol. The van der Waals surface area contributed by atoms with Crippen LogP contribution in [-0.2, 0) is 0 Å². The first kappa shape index (κ1) is 11.7. The lowest BCUT2D eigenvalue weighted by atomic mass is 10.3. The Morgan fingerprint density at radius 1 is 1.44 bits per heavy atom. The molecular weight excluding hydrogens is 112 g/mol. The third-order valence-electron chi connectivity index (χ3n) is 0.604. The standard InChI is InChI=1S/C5H11.C3H8O/c1-3-5-4-2;1-3(2)4/h1,3-5H2,2H3;3-4H,1-2H3. The molecule has 0 atom stereocenters. The molecule has 1 radical (unpaired) electrons. The van der Waals surface area contributed by atoms with Gasteiger partial charge in [-0.25, -0.2) is 0 Å². The molecule has 0 unspecified atom stereocenters. The van der Waals surface area contributed by atoms with Gasteiger partial charge in [-0.3, -0.25) is 0 Å². The summed E-state index contributed by atoms with van der Waals surface area (Å²) in [4.78, 5) is 0. The Morgan fingerprint density at radius 2 is 1.78 bits per heavy atom. The van der Waals surface area contributed by atoms with Crippen molar-refractivity contribution < 1.29 is 5.11 Å². The lowest BCUT2D eigenvalue weighted by molar-refractivity contribution is 0.216. The molecule has 0 saturated heterocycles. The van der Waals surface area contributed by atoms with E-state index in [1.165, 1.54) is 12.8 Å². The normalized spacial score (nSPS) is 8.67. The molecule has 0 fully saturated rings. The quantitative estimate of drug-likeness (QED) is 0.610. The Morgan fingerprint density at radius 3 is 1.78 bits per heavy atom. The molecule has 0 saturated carbocycles. The summed E-state index contributed by atoms with van der Waals surface area (Å²) in [6, 6.07) is 0. The largest absolute Gasteiger partial charge is 0.394 e. The van der Waals surface area contributed by atoms with E-state index in [0.717, 1.165) is 6.42 Å². The molecule has 0 amide bonds. The first-order chi connectivity index (χ1) is 4.15. The van der Waals surface area contributed by atoms with Crippen LogP contribution in [0.4, 0.5) is 0 Å². The number of unbranched alkanes of at least 4 members (excludes halogenated alkanes) is 2. The van der Waals surface area contributed by atoms with Gasteiger partial charge in [-0.05, 0) is 13.8 Å². The fourth-order valence-corrected chi connectivity index (χ4v) is 0.250. The van der Waals surface area contributed by atoms with Crippen LogP contribution >= 0.6 is 0 Å². The van der Waals surface area contributed by atoms with Crippen molar-refractivity contribution in [3.63, 3.8) is 0 Å². The predicted octanol–water partition coefficient (Wildman–Crippen LogP) is 2.40. The van der Waals surface area contributed by atoms with Gasteiger partial charge in [-0.15, -0.1) is 0 Å². The molecule has 0 aliphatic carbocycles. The minimum atomic E-state index is -0.167. The molecular formula is C8H19O. The summed E-state index contributed by atoms with van der Waals surface area (Å²) in [5, 5.41) is 8.06. The Balaban J connectivity index is 0. The third-order valence-corrected chi connectivity index (χ3v) is 0.604. The van der Waals surface area contributed by atoms with Crippen molar-refractivity contribution in [2.24, 2.45) is 0 Å². The summed E-state index contributed by atoms with van der Waals surface area (Å²) in [5.41, 5.74) is 0. The van der Waals surface area contributed by atoms with Crippen molar-refractivity contribution in [1.82, 2.24) is 0 Å². The van der Waals surface area contributed by atoms with Crippen molar-refractivity contribution in [3.05, 3.63) is 6.92 Å². The van der Waals surface area contributed by atoms with Crippen LogP contribution in [0.5, 0.6) is 0 Å². The van der Waals surface area contributed by atoms with Gasteiger partial charge in [0.05, 0.1) is 0 Å². The van der Waals surface area contributed by atoms with E-state index in [0.29, 0.717) is 0 Å².